The van der Waals surface area contributed by atoms with Gasteiger partial charge in [-0.3, -0.25) is 4.79 Å². The first-order valence-corrected chi connectivity index (χ1v) is 9.67. The Morgan fingerprint density at radius 3 is 2.68 bits per heavy atom. The number of carbonyl (C=O) groups excluding carboxylic acids is 1. The van der Waals surface area contributed by atoms with E-state index in [0.717, 1.165) is 21.3 Å². The molecule has 1 amide bonds. The largest absolute Gasteiger partial charge is 0.494 e. The number of methoxy groups -OCH3 is 1. The van der Waals surface area contributed by atoms with Crippen molar-refractivity contribution in [3.63, 3.8) is 0 Å². The van der Waals surface area contributed by atoms with Gasteiger partial charge in [0.1, 0.15) is 12.4 Å². The molecule has 7 heteroatoms. The van der Waals surface area contributed by atoms with E-state index in [9.17, 15) is 4.79 Å². The van der Waals surface area contributed by atoms with Gasteiger partial charge in [-0.15, -0.1) is 6.42 Å². The van der Waals surface area contributed by atoms with Crippen molar-refractivity contribution in [2.24, 2.45) is 5.10 Å². The first-order valence-electron chi connectivity index (χ1n) is 8.59. The second-order valence-corrected chi connectivity index (χ2v) is 6.76. The molecule has 0 spiro atoms. The summed E-state index contributed by atoms with van der Waals surface area (Å²) >= 11 is 2.13. The number of hydrazone groups is 1. The Labute approximate surface area is 178 Å². The molecular weight excluding hydrogens is 471 g/mol. The number of rotatable bonds is 9. The molecule has 0 heterocycles. The third-order valence-electron chi connectivity index (χ3n) is 3.52. The lowest BCUT2D eigenvalue weighted by atomic mass is 10.2. The molecule has 1 N–H and O–H groups in total. The summed E-state index contributed by atoms with van der Waals surface area (Å²) in [7, 11) is 1.55. The van der Waals surface area contributed by atoms with Crippen LogP contribution in [0.25, 0.3) is 0 Å². The van der Waals surface area contributed by atoms with Crippen molar-refractivity contribution in [2.75, 3.05) is 20.3 Å². The first kappa shape index (κ1) is 21.6. The summed E-state index contributed by atoms with van der Waals surface area (Å²) in [5.74, 6) is 3.96. The van der Waals surface area contributed by atoms with Gasteiger partial charge in [-0.25, -0.2) is 5.43 Å². The molecule has 2 rings (SSSR count). The van der Waals surface area contributed by atoms with Crippen LogP contribution < -0.4 is 19.6 Å². The molecule has 0 saturated heterocycles. The number of nitrogens with one attached hydrogen (secondary N) is 1. The molecule has 0 bridgehead atoms. The van der Waals surface area contributed by atoms with Gasteiger partial charge in [0.15, 0.2) is 11.5 Å². The quantitative estimate of drug-likeness (QED) is 0.250. The van der Waals surface area contributed by atoms with Crippen molar-refractivity contribution in [3.8, 4) is 29.6 Å². The Kier molecular flexibility index (Phi) is 8.62. The number of carbonyl (C=O) groups is 1. The Morgan fingerprint density at radius 2 is 2.04 bits per heavy atom. The maximum atomic E-state index is 12.2. The normalized spacial score (nSPS) is 10.4. The van der Waals surface area contributed by atoms with Crippen molar-refractivity contribution >= 4 is 34.7 Å². The van der Waals surface area contributed by atoms with Gasteiger partial charge >= 0.3 is 0 Å². The van der Waals surface area contributed by atoms with Crippen LogP contribution >= 0.6 is 22.6 Å². The average molecular weight is 492 g/mol. The van der Waals surface area contributed by atoms with Gasteiger partial charge in [-0.2, -0.15) is 5.10 Å². The van der Waals surface area contributed by atoms with Crippen molar-refractivity contribution in [1.82, 2.24) is 5.43 Å². The van der Waals surface area contributed by atoms with E-state index in [1.165, 1.54) is 6.21 Å². The molecule has 0 aliphatic heterocycles. The Morgan fingerprint density at radius 1 is 1.29 bits per heavy atom. The minimum atomic E-state index is -0.311. The van der Waals surface area contributed by atoms with E-state index in [-0.39, 0.29) is 12.5 Å². The molecule has 28 heavy (non-hydrogen) atoms. The SMILES string of the molecule is C#CCOc1c(I)cc(/C=N/NC(=O)c2ccc(OCCC)cc2)cc1OC. The molecule has 0 aromatic heterocycles. The summed E-state index contributed by atoms with van der Waals surface area (Å²) in [5, 5.41) is 4.01. The van der Waals surface area contributed by atoms with Crippen molar-refractivity contribution in [3.05, 3.63) is 51.1 Å². The maximum Gasteiger partial charge on any atom is 0.271 e. The van der Waals surface area contributed by atoms with Crippen LogP contribution in [0.3, 0.4) is 0 Å². The number of benzene rings is 2. The third kappa shape index (κ3) is 6.16. The van der Waals surface area contributed by atoms with Crippen LogP contribution in [-0.4, -0.2) is 32.4 Å². The van der Waals surface area contributed by atoms with Gasteiger partial charge in [0.25, 0.3) is 5.91 Å². The number of nitrogens with zero attached hydrogens (tertiary/aromatic N) is 1. The number of terminal acetylenes is 1. The number of hydrogen-bond acceptors (Lipinski definition) is 5. The molecule has 2 aromatic rings. The fourth-order valence-electron chi connectivity index (χ4n) is 2.22. The monoisotopic (exact) mass is 492 g/mol. The summed E-state index contributed by atoms with van der Waals surface area (Å²) in [4.78, 5) is 12.2. The van der Waals surface area contributed by atoms with Crippen LogP contribution in [0.15, 0.2) is 41.5 Å². The lowest BCUT2D eigenvalue weighted by molar-refractivity contribution is 0.0955. The van der Waals surface area contributed by atoms with Gasteiger partial charge in [-0.05, 0) is 71.0 Å². The standard InChI is InChI=1S/C21H21IN2O4/c1-4-10-27-17-8-6-16(7-9-17)21(25)24-23-14-15-12-18(22)20(28-11-5-2)19(13-15)26-3/h2,6-9,12-14H,4,10-11H2,1,3H3,(H,24,25)/b23-14+. The Hall–Kier alpha value is -2.73. The smallest absolute Gasteiger partial charge is 0.271 e. The van der Waals surface area contributed by atoms with E-state index < -0.39 is 0 Å². The first-order chi connectivity index (χ1) is 13.6. The van der Waals surface area contributed by atoms with Crippen LogP contribution in [0, 0.1) is 15.9 Å². The highest BCUT2D eigenvalue weighted by atomic mass is 127. The van der Waals surface area contributed by atoms with E-state index in [4.69, 9.17) is 20.6 Å². The summed E-state index contributed by atoms with van der Waals surface area (Å²) in [6.07, 6.45) is 7.70. The summed E-state index contributed by atoms with van der Waals surface area (Å²) in [6, 6.07) is 10.5. The molecule has 2 aromatic carbocycles. The predicted octanol–water partition coefficient (Wildman–Crippen LogP) is 3.86. The highest BCUT2D eigenvalue weighted by Gasteiger charge is 2.11. The van der Waals surface area contributed by atoms with E-state index in [1.54, 1.807) is 37.4 Å². The molecule has 0 saturated carbocycles. The third-order valence-corrected chi connectivity index (χ3v) is 4.32. The van der Waals surface area contributed by atoms with Gasteiger partial charge in [-0.1, -0.05) is 12.8 Å². The molecule has 0 aliphatic rings. The molecule has 0 unspecified atom stereocenters. The minimum absolute atomic E-state index is 0.151. The maximum absolute atomic E-state index is 12.2. The van der Waals surface area contributed by atoms with Crippen molar-refractivity contribution in [2.45, 2.75) is 13.3 Å². The van der Waals surface area contributed by atoms with E-state index in [2.05, 4.69) is 39.0 Å². The lowest BCUT2D eigenvalue weighted by Gasteiger charge is -2.11. The highest BCUT2D eigenvalue weighted by Crippen LogP contribution is 2.33. The summed E-state index contributed by atoms with van der Waals surface area (Å²) < 4.78 is 17.2. The average Bonchev–Trinajstić information content (AvgIpc) is 2.71. The van der Waals surface area contributed by atoms with Crippen LogP contribution in [0.1, 0.15) is 29.3 Å². The van der Waals surface area contributed by atoms with E-state index >= 15 is 0 Å². The number of halogens is 1. The molecule has 0 radical (unpaired) electrons. The molecule has 6 nitrogen and oxygen atoms in total. The fourth-order valence-corrected chi connectivity index (χ4v) is 3.00. The number of hydrogen-bond donors (Lipinski definition) is 1. The molecule has 0 fully saturated rings. The zero-order chi connectivity index (χ0) is 20.4. The van der Waals surface area contributed by atoms with Gasteiger partial charge in [0.05, 0.1) is 23.5 Å². The second kappa shape index (κ2) is 11.2. The molecule has 0 atom stereocenters. The number of amides is 1. The summed E-state index contributed by atoms with van der Waals surface area (Å²) in [6.45, 7) is 2.83. The van der Waals surface area contributed by atoms with Crippen LogP contribution in [0.5, 0.6) is 17.2 Å². The van der Waals surface area contributed by atoms with Gasteiger partial charge < -0.3 is 14.2 Å². The minimum Gasteiger partial charge on any atom is -0.494 e. The van der Waals surface area contributed by atoms with Gasteiger partial charge in [0, 0.05) is 5.56 Å². The number of ether oxygens (including phenoxy) is 3. The zero-order valence-electron chi connectivity index (χ0n) is 15.7. The van der Waals surface area contributed by atoms with Crippen molar-refractivity contribution < 1.29 is 19.0 Å². The van der Waals surface area contributed by atoms with Crippen LogP contribution in [0.4, 0.5) is 0 Å². The van der Waals surface area contributed by atoms with Crippen molar-refractivity contribution in [1.29, 1.82) is 0 Å². The topological polar surface area (TPSA) is 69.2 Å². The zero-order valence-corrected chi connectivity index (χ0v) is 17.9. The molecular formula is C21H21IN2O4. The lowest BCUT2D eigenvalue weighted by Crippen LogP contribution is -2.17. The second-order valence-electron chi connectivity index (χ2n) is 5.60. The van der Waals surface area contributed by atoms with Crippen LogP contribution in [-0.2, 0) is 0 Å². The van der Waals surface area contributed by atoms with E-state index in [0.29, 0.717) is 23.7 Å². The molecule has 0 aliphatic carbocycles. The Bertz CT molecular complexity index is 873. The van der Waals surface area contributed by atoms with Gasteiger partial charge in [0.2, 0.25) is 0 Å². The summed E-state index contributed by atoms with van der Waals surface area (Å²) in [5.41, 5.74) is 3.74. The van der Waals surface area contributed by atoms with Crippen LogP contribution in [0.2, 0.25) is 0 Å². The van der Waals surface area contributed by atoms with E-state index in [1.807, 2.05) is 13.0 Å². The fraction of sp³-hybridized carbons (Fsp3) is 0.238. The predicted molar refractivity (Wildman–Crippen MR) is 117 cm³/mol. The molecule has 146 valence electrons. The highest BCUT2D eigenvalue weighted by molar-refractivity contribution is 14.1. The Balaban J connectivity index is 2.02.